The van der Waals surface area contributed by atoms with Crippen molar-refractivity contribution >= 4 is 16.7 Å². The van der Waals surface area contributed by atoms with Crippen molar-refractivity contribution in [3.63, 3.8) is 0 Å². The molecule has 1 N–H and O–H groups in total. The van der Waals surface area contributed by atoms with Crippen LogP contribution in [0.4, 0.5) is 0 Å². The first-order valence-electron chi connectivity index (χ1n) is 9.03. The third-order valence-electron chi connectivity index (χ3n) is 5.31. The van der Waals surface area contributed by atoms with Crippen LogP contribution in [0, 0.1) is 11.8 Å². The summed E-state index contributed by atoms with van der Waals surface area (Å²) in [6, 6.07) is 14.0. The van der Waals surface area contributed by atoms with Crippen LogP contribution in [-0.4, -0.2) is 41.3 Å². The molecule has 6 heteroatoms. The third kappa shape index (κ3) is 3.28. The number of aliphatic carboxylic acids is 1. The molecule has 2 heterocycles. The average molecular weight is 366 g/mol. The molecule has 2 aromatic carbocycles. The summed E-state index contributed by atoms with van der Waals surface area (Å²) in [7, 11) is 1.65. The summed E-state index contributed by atoms with van der Waals surface area (Å²) in [6.07, 6.45) is 0. The Labute approximate surface area is 157 Å². The van der Waals surface area contributed by atoms with Crippen molar-refractivity contribution < 1.29 is 19.2 Å². The molecule has 1 aliphatic rings. The number of rotatable bonds is 5. The van der Waals surface area contributed by atoms with Crippen molar-refractivity contribution in [2.45, 2.75) is 13.5 Å². The van der Waals surface area contributed by atoms with Gasteiger partial charge in [-0.2, -0.15) is 0 Å². The molecule has 0 amide bonds. The van der Waals surface area contributed by atoms with Gasteiger partial charge in [0.1, 0.15) is 11.4 Å². The Morgan fingerprint density at radius 1 is 1.30 bits per heavy atom. The van der Waals surface area contributed by atoms with Gasteiger partial charge in [-0.05, 0) is 22.8 Å². The maximum absolute atomic E-state index is 11.3. The first-order valence-corrected chi connectivity index (χ1v) is 9.03. The van der Waals surface area contributed by atoms with Crippen LogP contribution in [0.15, 0.2) is 47.0 Å². The van der Waals surface area contributed by atoms with E-state index >= 15 is 0 Å². The van der Waals surface area contributed by atoms with Gasteiger partial charge in [0.15, 0.2) is 5.76 Å². The molecule has 0 spiro atoms. The molecule has 1 aliphatic heterocycles. The van der Waals surface area contributed by atoms with Crippen molar-refractivity contribution in [1.29, 1.82) is 0 Å². The summed E-state index contributed by atoms with van der Waals surface area (Å²) in [5.74, 6) is 0.532. The van der Waals surface area contributed by atoms with Gasteiger partial charge < -0.3 is 14.4 Å². The van der Waals surface area contributed by atoms with E-state index < -0.39 is 5.97 Å². The number of nitrogens with zero attached hydrogens (tertiary/aromatic N) is 2. The summed E-state index contributed by atoms with van der Waals surface area (Å²) >= 11 is 0. The Morgan fingerprint density at radius 3 is 2.85 bits per heavy atom. The maximum Gasteiger partial charge on any atom is 0.308 e. The third-order valence-corrected chi connectivity index (χ3v) is 5.31. The summed E-state index contributed by atoms with van der Waals surface area (Å²) < 4.78 is 11.1. The molecule has 2 atom stereocenters. The lowest BCUT2D eigenvalue weighted by molar-refractivity contribution is -0.142. The number of aromatic nitrogens is 1. The van der Waals surface area contributed by atoms with Crippen molar-refractivity contribution in [1.82, 2.24) is 10.1 Å². The molecule has 0 radical (unpaired) electrons. The summed E-state index contributed by atoms with van der Waals surface area (Å²) in [6.45, 7) is 3.80. The summed E-state index contributed by atoms with van der Waals surface area (Å²) in [5, 5.41) is 15.7. The van der Waals surface area contributed by atoms with Crippen LogP contribution in [-0.2, 0) is 11.3 Å². The number of ether oxygens (including phenoxy) is 1. The molecule has 1 saturated heterocycles. The van der Waals surface area contributed by atoms with E-state index in [0.717, 1.165) is 40.1 Å². The largest absolute Gasteiger partial charge is 0.496 e. The predicted octanol–water partition coefficient (Wildman–Crippen LogP) is 3.66. The lowest BCUT2D eigenvalue weighted by atomic mass is 9.99. The quantitative estimate of drug-likeness (QED) is 0.743. The van der Waals surface area contributed by atoms with Gasteiger partial charge in [0, 0.05) is 19.2 Å². The topological polar surface area (TPSA) is 75.8 Å². The van der Waals surface area contributed by atoms with Crippen LogP contribution in [0.25, 0.3) is 22.0 Å². The molecule has 1 fully saturated rings. The number of hydrogen-bond acceptors (Lipinski definition) is 5. The fourth-order valence-corrected chi connectivity index (χ4v) is 3.93. The van der Waals surface area contributed by atoms with Crippen molar-refractivity contribution in [3.05, 3.63) is 48.2 Å². The van der Waals surface area contributed by atoms with Crippen LogP contribution in [0.2, 0.25) is 0 Å². The minimum absolute atomic E-state index is 0.128. The van der Waals surface area contributed by atoms with Crippen LogP contribution < -0.4 is 4.74 Å². The Morgan fingerprint density at radius 2 is 2.11 bits per heavy atom. The zero-order chi connectivity index (χ0) is 19.0. The maximum atomic E-state index is 11.3. The second-order valence-electron chi connectivity index (χ2n) is 7.16. The van der Waals surface area contributed by atoms with E-state index in [4.69, 9.17) is 9.26 Å². The molecule has 0 saturated carbocycles. The van der Waals surface area contributed by atoms with E-state index in [0.29, 0.717) is 13.1 Å². The first-order chi connectivity index (χ1) is 13.1. The van der Waals surface area contributed by atoms with E-state index in [2.05, 4.69) is 16.1 Å². The standard InChI is InChI=1S/C21H22N2O4/c1-13-10-23(12-17(13)21(24)25)11-15-9-18(22-27-15)20-16-6-4-3-5-14(16)7-8-19(20)26-2/h3-9,13,17H,10-12H2,1-2H3,(H,24,25)/t13-,17-/m1/s1. The molecule has 6 nitrogen and oxygen atoms in total. The number of hydrogen-bond donors (Lipinski definition) is 1. The second kappa shape index (κ2) is 7.04. The van der Waals surface area contributed by atoms with Crippen molar-refractivity contribution in [2.75, 3.05) is 20.2 Å². The van der Waals surface area contributed by atoms with Gasteiger partial charge >= 0.3 is 5.97 Å². The van der Waals surface area contributed by atoms with Crippen LogP contribution in [0.1, 0.15) is 12.7 Å². The van der Waals surface area contributed by atoms with Crippen molar-refractivity contribution in [2.24, 2.45) is 11.8 Å². The van der Waals surface area contributed by atoms with Crippen LogP contribution in [0.5, 0.6) is 5.75 Å². The minimum atomic E-state index is -0.733. The van der Waals surface area contributed by atoms with Gasteiger partial charge in [-0.1, -0.05) is 42.4 Å². The number of benzene rings is 2. The SMILES string of the molecule is COc1ccc2ccccc2c1-c1cc(CN2C[C@@H](C)[C@H](C(=O)O)C2)on1. The van der Waals surface area contributed by atoms with Gasteiger partial charge in [-0.25, -0.2) is 0 Å². The lowest BCUT2D eigenvalue weighted by Gasteiger charge is -2.12. The lowest BCUT2D eigenvalue weighted by Crippen LogP contribution is -2.23. The van der Waals surface area contributed by atoms with E-state index in [1.165, 1.54) is 0 Å². The smallest absolute Gasteiger partial charge is 0.308 e. The van der Waals surface area contributed by atoms with Crippen molar-refractivity contribution in [3.8, 4) is 17.0 Å². The van der Waals surface area contributed by atoms with Gasteiger partial charge in [0.05, 0.1) is 25.1 Å². The monoisotopic (exact) mass is 366 g/mol. The number of carbonyl (C=O) groups is 1. The minimum Gasteiger partial charge on any atom is -0.496 e. The number of carboxylic acid groups (broad SMARTS) is 1. The molecular formula is C21H22N2O4. The van der Waals surface area contributed by atoms with E-state index in [1.807, 2.05) is 43.3 Å². The van der Waals surface area contributed by atoms with Gasteiger partial charge in [0.25, 0.3) is 0 Å². The van der Waals surface area contributed by atoms with E-state index in [9.17, 15) is 9.90 Å². The Kier molecular flexibility index (Phi) is 4.58. The van der Waals surface area contributed by atoms with E-state index in [-0.39, 0.29) is 11.8 Å². The zero-order valence-electron chi connectivity index (χ0n) is 15.4. The van der Waals surface area contributed by atoms with E-state index in [1.54, 1.807) is 7.11 Å². The molecule has 140 valence electrons. The highest BCUT2D eigenvalue weighted by atomic mass is 16.5. The molecule has 1 aromatic heterocycles. The van der Waals surface area contributed by atoms with Gasteiger partial charge in [-0.3, -0.25) is 9.69 Å². The van der Waals surface area contributed by atoms with Crippen LogP contribution in [0.3, 0.4) is 0 Å². The Hall–Kier alpha value is -2.86. The average Bonchev–Trinajstić information content (AvgIpc) is 3.27. The molecule has 0 aliphatic carbocycles. The Balaban J connectivity index is 1.62. The normalized spacial score (nSPS) is 20.2. The Bertz CT molecular complexity index is 981. The molecule has 3 aromatic rings. The molecule has 0 bridgehead atoms. The number of likely N-dealkylation sites (tertiary alicyclic amines) is 1. The van der Waals surface area contributed by atoms with Crippen LogP contribution >= 0.6 is 0 Å². The predicted molar refractivity (Wildman–Crippen MR) is 102 cm³/mol. The number of fused-ring (bicyclic) bond motifs is 1. The second-order valence-corrected chi connectivity index (χ2v) is 7.16. The van der Waals surface area contributed by atoms with Gasteiger partial charge in [0.2, 0.25) is 0 Å². The molecular weight excluding hydrogens is 344 g/mol. The fraction of sp³-hybridized carbons (Fsp3) is 0.333. The highest BCUT2D eigenvalue weighted by Gasteiger charge is 2.35. The summed E-state index contributed by atoms with van der Waals surface area (Å²) in [5.41, 5.74) is 1.63. The molecule has 0 unspecified atom stereocenters. The molecule has 27 heavy (non-hydrogen) atoms. The highest BCUT2D eigenvalue weighted by molar-refractivity contribution is 5.98. The first kappa shape index (κ1) is 17.5. The highest BCUT2D eigenvalue weighted by Crippen LogP contribution is 2.37. The summed E-state index contributed by atoms with van der Waals surface area (Å²) in [4.78, 5) is 13.4. The number of carboxylic acids is 1. The molecule has 4 rings (SSSR count). The fourth-order valence-electron chi connectivity index (χ4n) is 3.93. The zero-order valence-corrected chi connectivity index (χ0v) is 15.4. The van der Waals surface area contributed by atoms with Gasteiger partial charge in [-0.15, -0.1) is 0 Å². The number of methoxy groups -OCH3 is 1.